The van der Waals surface area contributed by atoms with Crippen molar-refractivity contribution in [1.82, 2.24) is 15.2 Å². The van der Waals surface area contributed by atoms with E-state index in [9.17, 15) is 14.0 Å². The van der Waals surface area contributed by atoms with Crippen molar-refractivity contribution in [2.45, 2.75) is 26.6 Å². The van der Waals surface area contributed by atoms with Gasteiger partial charge >= 0.3 is 6.03 Å². The van der Waals surface area contributed by atoms with Crippen molar-refractivity contribution in [2.24, 2.45) is 0 Å². The van der Waals surface area contributed by atoms with E-state index in [0.29, 0.717) is 12.1 Å². The highest BCUT2D eigenvalue weighted by atomic mass is 19.1. The first-order chi connectivity index (χ1) is 15.5. The quantitative estimate of drug-likeness (QED) is 0.458. The Morgan fingerprint density at radius 3 is 2.44 bits per heavy atom. The third-order valence-corrected chi connectivity index (χ3v) is 5.39. The Balaban J connectivity index is 1.60. The molecule has 4 aromatic rings. The van der Waals surface area contributed by atoms with Gasteiger partial charge in [0.05, 0.1) is 12.1 Å². The minimum atomic E-state index is -0.338. The molecule has 0 aliphatic carbocycles. The Kier molecular flexibility index (Phi) is 6.31. The van der Waals surface area contributed by atoms with Crippen LogP contribution in [0.25, 0.3) is 10.9 Å². The second-order valence-electron chi connectivity index (χ2n) is 7.79. The summed E-state index contributed by atoms with van der Waals surface area (Å²) in [4.78, 5) is 30.3. The molecular weight excluding hydrogens is 405 g/mol. The van der Waals surface area contributed by atoms with Gasteiger partial charge in [-0.1, -0.05) is 60.7 Å². The minimum Gasteiger partial charge on any atom is -0.334 e. The zero-order chi connectivity index (χ0) is 22.5. The maximum atomic E-state index is 13.3. The number of aryl methyl sites for hydroxylation is 1. The number of para-hydroxylation sites is 1. The average molecular weight is 429 g/mol. The SMILES string of the molecule is Cc1cccc2cc(CN(Cc3ccc(F)cc3)C(=O)NCc3ccccc3)c(=O)[nH]c12. The van der Waals surface area contributed by atoms with E-state index in [0.717, 1.165) is 27.6 Å². The molecule has 0 saturated carbocycles. The van der Waals surface area contributed by atoms with Crippen LogP contribution in [0.4, 0.5) is 9.18 Å². The van der Waals surface area contributed by atoms with Gasteiger partial charge in [0, 0.05) is 18.7 Å². The van der Waals surface area contributed by atoms with Crippen molar-refractivity contribution >= 4 is 16.9 Å². The number of rotatable bonds is 6. The molecule has 162 valence electrons. The van der Waals surface area contributed by atoms with Crippen LogP contribution in [0.5, 0.6) is 0 Å². The van der Waals surface area contributed by atoms with Gasteiger partial charge < -0.3 is 15.2 Å². The molecule has 1 heterocycles. The van der Waals surface area contributed by atoms with Gasteiger partial charge in [-0.05, 0) is 47.2 Å². The first kappa shape index (κ1) is 21.3. The minimum absolute atomic E-state index is 0.122. The van der Waals surface area contributed by atoms with E-state index < -0.39 is 0 Å². The van der Waals surface area contributed by atoms with Crippen LogP contribution >= 0.6 is 0 Å². The molecule has 0 bridgehead atoms. The zero-order valence-corrected chi connectivity index (χ0v) is 17.8. The fourth-order valence-electron chi connectivity index (χ4n) is 3.65. The highest BCUT2D eigenvalue weighted by Gasteiger charge is 2.17. The molecule has 1 aromatic heterocycles. The maximum absolute atomic E-state index is 13.3. The number of amides is 2. The summed E-state index contributed by atoms with van der Waals surface area (Å²) in [6, 6.07) is 22.9. The number of hydrogen-bond acceptors (Lipinski definition) is 2. The standard InChI is InChI=1S/C26H24FN3O2/c1-18-6-5-9-21-14-22(25(31)29-24(18)21)17-30(16-20-10-12-23(27)13-11-20)26(32)28-15-19-7-3-2-4-8-19/h2-14H,15-17H2,1H3,(H,28,32)(H,29,31). The summed E-state index contributed by atoms with van der Waals surface area (Å²) in [5, 5.41) is 3.83. The van der Waals surface area contributed by atoms with E-state index in [-0.39, 0.29) is 30.5 Å². The second-order valence-corrected chi connectivity index (χ2v) is 7.79. The van der Waals surface area contributed by atoms with Crippen LogP contribution in [0.1, 0.15) is 22.3 Å². The number of carbonyl (C=O) groups is 1. The van der Waals surface area contributed by atoms with Crippen molar-refractivity contribution < 1.29 is 9.18 Å². The Hall–Kier alpha value is -3.93. The average Bonchev–Trinajstić information content (AvgIpc) is 2.80. The third-order valence-electron chi connectivity index (χ3n) is 5.39. The number of halogens is 1. The van der Waals surface area contributed by atoms with E-state index in [1.807, 2.05) is 61.5 Å². The first-order valence-electron chi connectivity index (χ1n) is 10.4. The molecule has 0 aliphatic heterocycles. The Bertz CT molecular complexity index is 1280. The van der Waals surface area contributed by atoms with E-state index in [2.05, 4.69) is 10.3 Å². The van der Waals surface area contributed by atoms with Crippen molar-refractivity contribution in [3.8, 4) is 0 Å². The van der Waals surface area contributed by atoms with Gasteiger partial charge in [0.2, 0.25) is 0 Å². The normalized spacial score (nSPS) is 10.8. The summed E-state index contributed by atoms with van der Waals surface area (Å²) in [6.07, 6.45) is 0. The fourth-order valence-corrected chi connectivity index (χ4v) is 3.65. The summed E-state index contributed by atoms with van der Waals surface area (Å²) >= 11 is 0. The van der Waals surface area contributed by atoms with Crippen molar-refractivity contribution in [1.29, 1.82) is 0 Å². The molecule has 0 saturated heterocycles. The molecule has 0 aliphatic rings. The lowest BCUT2D eigenvalue weighted by Gasteiger charge is -2.23. The van der Waals surface area contributed by atoms with Crippen LogP contribution in [0.2, 0.25) is 0 Å². The molecule has 4 rings (SSSR count). The number of aromatic nitrogens is 1. The molecule has 0 fully saturated rings. The first-order valence-corrected chi connectivity index (χ1v) is 10.4. The highest BCUT2D eigenvalue weighted by molar-refractivity contribution is 5.82. The molecule has 5 nitrogen and oxygen atoms in total. The van der Waals surface area contributed by atoms with Gasteiger partial charge in [0.25, 0.3) is 5.56 Å². The molecule has 0 atom stereocenters. The monoisotopic (exact) mass is 429 g/mol. The van der Waals surface area contributed by atoms with Gasteiger partial charge in [0.15, 0.2) is 0 Å². The van der Waals surface area contributed by atoms with Crippen LogP contribution in [-0.4, -0.2) is 15.9 Å². The van der Waals surface area contributed by atoms with E-state index in [4.69, 9.17) is 0 Å². The van der Waals surface area contributed by atoms with E-state index in [1.165, 1.54) is 12.1 Å². The van der Waals surface area contributed by atoms with Crippen LogP contribution < -0.4 is 10.9 Å². The lowest BCUT2D eigenvalue weighted by atomic mass is 10.1. The maximum Gasteiger partial charge on any atom is 0.318 e. The summed E-state index contributed by atoms with van der Waals surface area (Å²) in [5.74, 6) is -0.338. The molecule has 0 spiro atoms. The summed E-state index contributed by atoms with van der Waals surface area (Å²) in [7, 11) is 0. The number of hydrogen-bond donors (Lipinski definition) is 2. The number of nitrogens with one attached hydrogen (secondary N) is 2. The molecule has 32 heavy (non-hydrogen) atoms. The number of aromatic amines is 1. The number of fused-ring (bicyclic) bond motifs is 1. The van der Waals surface area contributed by atoms with Gasteiger partial charge in [-0.2, -0.15) is 0 Å². The zero-order valence-electron chi connectivity index (χ0n) is 17.8. The molecule has 0 radical (unpaired) electrons. The summed E-state index contributed by atoms with van der Waals surface area (Å²) in [5.41, 5.74) is 3.78. The smallest absolute Gasteiger partial charge is 0.318 e. The van der Waals surface area contributed by atoms with Crippen molar-refractivity contribution in [3.05, 3.63) is 117 Å². The molecule has 6 heteroatoms. The van der Waals surface area contributed by atoms with Crippen LogP contribution in [0.15, 0.2) is 83.7 Å². The highest BCUT2D eigenvalue weighted by Crippen LogP contribution is 2.17. The summed E-state index contributed by atoms with van der Waals surface area (Å²) in [6.45, 7) is 2.67. The number of urea groups is 1. The molecule has 3 aromatic carbocycles. The van der Waals surface area contributed by atoms with E-state index >= 15 is 0 Å². The van der Waals surface area contributed by atoms with Crippen molar-refractivity contribution in [3.63, 3.8) is 0 Å². The topological polar surface area (TPSA) is 65.2 Å². The number of carbonyl (C=O) groups excluding carboxylic acids is 1. The van der Waals surface area contributed by atoms with E-state index in [1.54, 1.807) is 17.0 Å². The molecule has 2 amide bonds. The third kappa shape index (κ3) is 5.03. The predicted octanol–water partition coefficient (Wildman–Crippen LogP) is 4.89. The lowest BCUT2D eigenvalue weighted by Crippen LogP contribution is -2.39. The second kappa shape index (κ2) is 9.47. The number of H-pyrrole nitrogens is 1. The van der Waals surface area contributed by atoms with Crippen LogP contribution in [-0.2, 0) is 19.6 Å². The van der Waals surface area contributed by atoms with Gasteiger partial charge in [-0.25, -0.2) is 9.18 Å². The summed E-state index contributed by atoms with van der Waals surface area (Å²) < 4.78 is 13.3. The number of nitrogens with zero attached hydrogens (tertiary/aromatic N) is 1. The number of benzene rings is 3. The lowest BCUT2D eigenvalue weighted by molar-refractivity contribution is 0.191. The van der Waals surface area contributed by atoms with Crippen LogP contribution in [0.3, 0.4) is 0 Å². The molecular formula is C26H24FN3O2. The Labute approximate surface area is 185 Å². The number of pyridine rings is 1. The fraction of sp³-hybridized carbons (Fsp3) is 0.154. The largest absolute Gasteiger partial charge is 0.334 e. The Morgan fingerprint density at radius 1 is 0.938 bits per heavy atom. The van der Waals surface area contributed by atoms with Crippen molar-refractivity contribution in [2.75, 3.05) is 0 Å². The molecule has 2 N–H and O–H groups in total. The predicted molar refractivity (Wildman–Crippen MR) is 124 cm³/mol. The van der Waals surface area contributed by atoms with Crippen LogP contribution in [0, 0.1) is 12.7 Å². The Morgan fingerprint density at radius 2 is 1.69 bits per heavy atom. The van der Waals surface area contributed by atoms with Gasteiger partial charge in [0.1, 0.15) is 5.82 Å². The van der Waals surface area contributed by atoms with Gasteiger partial charge in [-0.3, -0.25) is 4.79 Å². The molecule has 0 unspecified atom stereocenters. The van der Waals surface area contributed by atoms with Gasteiger partial charge in [-0.15, -0.1) is 0 Å².